The summed E-state index contributed by atoms with van der Waals surface area (Å²) in [6.45, 7) is 11.5. The lowest BCUT2D eigenvalue weighted by Crippen LogP contribution is -2.49. The highest BCUT2D eigenvalue weighted by molar-refractivity contribution is 4.94. The number of rotatable bonds is 5. The first kappa shape index (κ1) is 14.3. The number of nitrogens with one attached hydrogen (secondary N) is 1. The van der Waals surface area contributed by atoms with E-state index in [0.717, 1.165) is 19.0 Å². The molecule has 2 rings (SSSR count). The lowest BCUT2D eigenvalue weighted by Gasteiger charge is -2.43. The Kier molecular flexibility index (Phi) is 4.35. The molecule has 1 N–H and O–H groups in total. The lowest BCUT2D eigenvalue weighted by atomic mass is 9.79. The van der Waals surface area contributed by atoms with Crippen LogP contribution in [0.3, 0.4) is 0 Å². The third-order valence-corrected chi connectivity index (χ3v) is 4.50. The van der Waals surface area contributed by atoms with E-state index < -0.39 is 0 Å². The van der Waals surface area contributed by atoms with E-state index in [1.807, 2.05) is 7.11 Å². The summed E-state index contributed by atoms with van der Waals surface area (Å²) in [4.78, 5) is 2.61. The van der Waals surface area contributed by atoms with Gasteiger partial charge in [-0.3, -0.25) is 0 Å². The molecule has 1 aliphatic carbocycles. The first-order valence-corrected chi connectivity index (χ1v) is 7.45. The summed E-state index contributed by atoms with van der Waals surface area (Å²) in [5.74, 6) is 0.818. The van der Waals surface area contributed by atoms with Gasteiger partial charge in [-0.25, -0.2) is 0 Å². The highest BCUT2D eigenvalue weighted by Crippen LogP contribution is 2.36. The molecule has 106 valence electrons. The zero-order valence-electron chi connectivity index (χ0n) is 12.6. The molecule has 0 aromatic heterocycles. The van der Waals surface area contributed by atoms with E-state index in [-0.39, 0.29) is 11.1 Å². The maximum atomic E-state index is 5.73. The molecule has 18 heavy (non-hydrogen) atoms. The van der Waals surface area contributed by atoms with Crippen molar-refractivity contribution in [3.05, 3.63) is 0 Å². The molecule has 1 heterocycles. The number of ether oxygens (including phenoxy) is 1. The van der Waals surface area contributed by atoms with Gasteiger partial charge in [-0.15, -0.1) is 0 Å². The zero-order chi connectivity index (χ0) is 13.2. The number of hydrogen-bond acceptors (Lipinski definition) is 3. The predicted molar refractivity (Wildman–Crippen MR) is 75.9 cm³/mol. The van der Waals surface area contributed by atoms with Crippen LogP contribution in [0.4, 0.5) is 0 Å². The molecular weight excluding hydrogens is 224 g/mol. The molecule has 0 aromatic rings. The second-order valence-corrected chi connectivity index (χ2v) is 7.26. The van der Waals surface area contributed by atoms with Crippen LogP contribution in [0, 0.1) is 5.92 Å². The van der Waals surface area contributed by atoms with Gasteiger partial charge in [0.2, 0.25) is 0 Å². The minimum atomic E-state index is 0.201. The van der Waals surface area contributed by atoms with Crippen LogP contribution >= 0.6 is 0 Å². The van der Waals surface area contributed by atoms with Crippen molar-refractivity contribution in [3.8, 4) is 0 Å². The Balaban J connectivity index is 1.71. The molecule has 2 aliphatic rings. The van der Waals surface area contributed by atoms with Crippen molar-refractivity contribution in [1.29, 1.82) is 0 Å². The Hall–Kier alpha value is -0.120. The Morgan fingerprint density at radius 2 is 2.06 bits per heavy atom. The Bertz CT molecular complexity index is 263. The number of nitrogens with zero attached hydrogens (tertiary/aromatic N) is 1. The Morgan fingerprint density at radius 1 is 1.33 bits per heavy atom. The molecule has 0 radical (unpaired) electrons. The second-order valence-electron chi connectivity index (χ2n) is 7.26. The lowest BCUT2D eigenvalue weighted by molar-refractivity contribution is -0.0888. The fraction of sp³-hybridized carbons (Fsp3) is 1.00. The van der Waals surface area contributed by atoms with Crippen LogP contribution in [-0.2, 0) is 4.74 Å². The van der Waals surface area contributed by atoms with Crippen molar-refractivity contribution >= 4 is 0 Å². The minimum Gasteiger partial charge on any atom is -0.377 e. The van der Waals surface area contributed by atoms with Gasteiger partial charge in [-0.2, -0.15) is 0 Å². The first-order chi connectivity index (χ1) is 8.42. The molecule has 1 atom stereocenters. The van der Waals surface area contributed by atoms with E-state index in [2.05, 4.69) is 31.0 Å². The minimum absolute atomic E-state index is 0.201. The van der Waals surface area contributed by atoms with Gasteiger partial charge in [-0.05, 0) is 65.5 Å². The first-order valence-electron chi connectivity index (χ1n) is 7.45. The topological polar surface area (TPSA) is 24.5 Å². The molecule has 3 heteroatoms. The van der Waals surface area contributed by atoms with Crippen molar-refractivity contribution in [3.63, 3.8) is 0 Å². The molecule has 0 bridgehead atoms. The highest BCUT2D eigenvalue weighted by atomic mass is 16.5. The van der Waals surface area contributed by atoms with Gasteiger partial charge in [0.25, 0.3) is 0 Å². The summed E-state index contributed by atoms with van der Waals surface area (Å²) in [7, 11) is 1.88. The SMILES string of the molecule is COC1(CN2CCC(CNC(C)(C)C)C2)CCC1. The van der Waals surface area contributed by atoms with Crippen molar-refractivity contribution < 1.29 is 4.74 Å². The van der Waals surface area contributed by atoms with Gasteiger partial charge in [-0.1, -0.05) is 0 Å². The normalized spacial score (nSPS) is 28.3. The van der Waals surface area contributed by atoms with E-state index in [4.69, 9.17) is 4.74 Å². The van der Waals surface area contributed by atoms with Crippen LogP contribution in [0.2, 0.25) is 0 Å². The molecule has 1 saturated heterocycles. The van der Waals surface area contributed by atoms with E-state index in [1.54, 1.807) is 0 Å². The summed E-state index contributed by atoms with van der Waals surface area (Å²) in [5, 5.41) is 3.63. The number of methoxy groups -OCH3 is 1. The molecule has 1 unspecified atom stereocenters. The third kappa shape index (κ3) is 3.69. The second kappa shape index (κ2) is 5.48. The van der Waals surface area contributed by atoms with Crippen molar-refractivity contribution in [1.82, 2.24) is 10.2 Å². The monoisotopic (exact) mass is 254 g/mol. The van der Waals surface area contributed by atoms with Crippen LogP contribution in [0.15, 0.2) is 0 Å². The molecule has 2 fully saturated rings. The quantitative estimate of drug-likeness (QED) is 0.814. The largest absolute Gasteiger partial charge is 0.377 e. The van der Waals surface area contributed by atoms with Gasteiger partial charge in [0.05, 0.1) is 5.60 Å². The Labute approximate surface area is 112 Å². The van der Waals surface area contributed by atoms with Gasteiger partial charge >= 0.3 is 0 Å². The predicted octanol–water partition coefficient (Wildman–Crippen LogP) is 2.27. The summed E-state index contributed by atoms with van der Waals surface area (Å²) in [6, 6.07) is 0. The van der Waals surface area contributed by atoms with Gasteiger partial charge in [0.1, 0.15) is 0 Å². The maximum absolute atomic E-state index is 5.73. The summed E-state index contributed by atoms with van der Waals surface area (Å²) < 4.78 is 5.73. The number of likely N-dealkylation sites (tertiary alicyclic amines) is 1. The molecule has 0 spiro atoms. The maximum Gasteiger partial charge on any atom is 0.0805 e. The molecule has 0 amide bonds. The van der Waals surface area contributed by atoms with E-state index in [1.165, 1.54) is 38.8 Å². The fourth-order valence-electron chi connectivity index (χ4n) is 3.08. The standard InChI is InChI=1S/C15H30N2O/c1-14(2,3)16-10-13-6-9-17(11-13)12-15(18-4)7-5-8-15/h13,16H,5-12H2,1-4H3. The van der Waals surface area contributed by atoms with Crippen LogP contribution < -0.4 is 5.32 Å². The van der Waals surface area contributed by atoms with Gasteiger partial charge in [0.15, 0.2) is 0 Å². The molecule has 1 saturated carbocycles. The smallest absolute Gasteiger partial charge is 0.0805 e. The fourth-order valence-corrected chi connectivity index (χ4v) is 3.08. The van der Waals surface area contributed by atoms with Crippen molar-refractivity contribution in [2.45, 2.75) is 57.6 Å². The van der Waals surface area contributed by atoms with Crippen LogP contribution in [-0.4, -0.2) is 49.3 Å². The van der Waals surface area contributed by atoms with Crippen molar-refractivity contribution in [2.75, 3.05) is 33.3 Å². The number of hydrogen-bond donors (Lipinski definition) is 1. The summed E-state index contributed by atoms with van der Waals surface area (Å²) in [5.41, 5.74) is 0.446. The van der Waals surface area contributed by atoms with Gasteiger partial charge < -0.3 is 15.0 Å². The van der Waals surface area contributed by atoms with Crippen molar-refractivity contribution in [2.24, 2.45) is 5.92 Å². The molecule has 1 aliphatic heterocycles. The van der Waals surface area contributed by atoms with E-state index in [0.29, 0.717) is 0 Å². The van der Waals surface area contributed by atoms with E-state index >= 15 is 0 Å². The molecule has 0 aromatic carbocycles. The van der Waals surface area contributed by atoms with Crippen LogP contribution in [0.5, 0.6) is 0 Å². The zero-order valence-corrected chi connectivity index (χ0v) is 12.6. The van der Waals surface area contributed by atoms with Crippen LogP contribution in [0.25, 0.3) is 0 Å². The summed E-state index contributed by atoms with van der Waals surface area (Å²) in [6.07, 6.45) is 5.19. The van der Waals surface area contributed by atoms with Gasteiger partial charge in [0, 0.05) is 25.7 Å². The Morgan fingerprint density at radius 3 is 2.56 bits per heavy atom. The highest BCUT2D eigenvalue weighted by Gasteiger charge is 2.40. The van der Waals surface area contributed by atoms with Crippen LogP contribution in [0.1, 0.15) is 46.5 Å². The third-order valence-electron chi connectivity index (χ3n) is 4.50. The summed E-state index contributed by atoms with van der Waals surface area (Å²) >= 11 is 0. The molecule has 3 nitrogen and oxygen atoms in total. The van der Waals surface area contributed by atoms with E-state index in [9.17, 15) is 0 Å². The average Bonchev–Trinajstić information content (AvgIpc) is 2.67. The average molecular weight is 254 g/mol. The molecular formula is C15H30N2O.